The minimum absolute atomic E-state index is 0.118. The van der Waals surface area contributed by atoms with Crippen LogP contribution in [0.3, 0.4) is 0 Å². The van der Waals surface area contributed by atoms with Gasteiger partial charge in [-0.2, -0.15) is 0 Å². The molecule has 0 unspecified atom stereocenters. The number of hydrogen-bond acceptors (Lipinski definition) is 5. The van der Waals surface area contributed by atoms with Crippen LogP contribution in [0.25, 0.3) is 11.3 Å². The average Bonchev–Trinajstić information content (AvgIpc) is 2.47. The fraction of sp³-hybridized carbons (Fsp3) is 0.214. The normalized spacial score (nSPS) is 10.2. The fourth-order valence-electron chi connectivity index (χ4n) is 1.58. The van der Waals surface area contributed by atoms with Crippen molar-refractivity contribution in [2.75, 3.05) is 12.9 Å². The number of nitrogens with zero attached hydrogens (tertiary/aromatic N) is 2. The molecule has 1 N–H and O–H groups in total. The highest BCUT2D eigenvalue weighted by atomic mass is 32.2. The van der Waals surface area contributed by atoms with Crippen LogP contribution in [0.5, 0.6) is 5.75 Å². The summed E-state index contributed by atoms with van der Waals surface area (Å²) in [6.07, 6.45) is 1.61. The molecule has 2 rings (SSSR count). The molecule has 0 atom stereocenters. The third-order valence-corrected chi connectivity index (χ3v) is 3.52. The largest absolute Gasteiger partial charge is 0.497 e. The van der Waals surface area contributed by atoms with E-state index in [1.165, 1.54) is 18.1 Å². The summed E-state index contributed by atoms with van der Waals surface area (Å²) in [5.41, 5.74) is 1.77. The number of carboxylic acids is 1. The number of ether oxygens (including phenoxy) is 1. The number of aliphatic carboxylic acids is 1. The van der Waals surface area contributed by atoms with Crippen LogP contribution in [0.2, 0.25) is 0 Å². The van der Waals surface area contributed by atoms with E-state index in [2.05, 4.69) is 9.97 Å². The lowest BCUT2D eigenvalue weighted by molar-refractivity contribution is -0.136. The smallest absolute Gasteiger partial charge is 0.304 e. The summed E-state index contributed by atoms with van der Waals surface area (Å²) in [6.45, 7) is 0. The number of benzene rings is 1. The highest BCUT2D eigenvalue weighted by Gasteiger charge is 2.04. The lowest BCUT2D eigenvalue weighted by Crippen LogP contribution is -1.96. The Balaban J connectivity index is 2.09. The van der Waals surface area contributed by atoms with Crippen molar-refractivity contribution in [1.82, 2.24) is 9.97 Å². The first kappa shape index (κ1) is 14.3. The van der Waals surface area contributed by atoms with Crippen LogP contribution in [-0.4, -0.2) is 33.9 Å². The van der Waals surface area contributed by atoms with Crippen molar-refractivity contribution in [3.8, 4) is 17.0 Å². The van der Waals surface area contributed by atoms with Crippen molar-refractivity contribution in [1.29, 1.82) is 0 Å². The maximum Gasteiger partial charge on any atom is 0.304 e. The van der Waals surface area contributed by atoms with E-state index >= 15 is 0 Å². The maximum absolute atomic E-state index is 10.5. The van der Waals surface area contributed by atoms with Crippen molar-refractivity contribution in [3.05, 3.63) is 36.7 Å². The zero-order chi connectivity index (χ0) is 14.4. The van der Waals surface area contributed by atoms with Crippen molar-refractivity contribution in [2.45, 2.75) is 11.4 Å². The number of methoxy groups -OCH3 is 1. The van der Waals surface area contributed by atoms with Gasteiger partial charge < -0.3 is 9.84 Å². The van der Waals surface area contributed by atoms with E-state index in [1.54, 1.807) is 7.11 Å². The molecule has 0 amide bonds. The Morgan fingerprint density at radius 2 is 2.05 bits per heavy atom. The van der Waals surface area contributed by atoms with Crippen molar-refractivity contribution in [2.24, 2.45) is 0 Å². The van der Waals surface area contributed by atoms with Gasteiger partial charge in [-0.25, -0.2) is 9.97 Å². The molecule has 0 saturated carbocycles. The molecule has 0 spiro atoms. The first-order valence-electron chi connectivity index (χ1n) is 6.00. The van der Waals surface area contributed by atoms with E-state index in [1.807, 2.05) is 30.3 Å². The van der Waals surface area contributed by atoms with Crippen LogP contribution in [-0.2, 0) is 4.79 Å². The molecule has 104 valence electrons. The molecule has 0 aliphatic carbocycles. The zero-order valence-electron chi connectivity index (χ0n) is 10.9. The molecule has 0 radical (unpaired) electrons. The number of rotatable bonds is 6. The van der Waals surface area contributed by atoms with Crippen LogP contribution in [0.15, 0.2) is 41.7 Å². The molecule has 0 fully saturated rings. The van der Waals surface area contributed by atoms with Crippen molar-refractivity contribution < 1.29 is 14.6 Å². The topological polar surface area (TPSA) is 72.3 Å². The zero-order valence-corrected chi connectivity index (χ0v) is 11.8. The van der Waals surface area contributed by atoms with Crippen LogP contribution in [0.4, 0.5) is 0 Å². The molecule has 0 aliphatic heterocycles. The second-order valence-corrected chi connectivity index (χ2v) is 5.08. The SMILES string of the molecule is COc1ccc(-c2cc(SCCC(=O)O)ncn2)cc1. The van der Waals surface area contributed by atoms with Gasteiger partial charge >= 0.3 is 5.97 Å². The van der Waals surface area contributed by atoms with Gasteiger partial charge in [-0.15, -0.1) is 11.8 Å². The molecule has 5 nitrogen and oxygen atoms in total. The van der Waals surface area contributed by atoms with Gasteiger partial charge in [0.05, 0.1) is 19.2 Å². The van der Waals surface area contributed by atoms with E-state index in [0.717, 1.165) is 22.0 Å². The number of carboxylic acid groups (broad SMARTS) is 1. The minimum Gasteiger partial charge on any atom is -0.497 e. The van der Waals surface area contributed by atoms with Crippen LogP contribution < -0.4 is 4.74 Å². The van der Waals surface area contributed by atoms with E-state index in [0.29, 0.717) is 5.75 Å². The van der Waals surface area contributed by atoms with Gasteiger partial charge in [-0.1, -0.05) is 0 Å². The molecule has 1 heterocycles. The number of thioether (sulfide) groups is 1. The molecule has 6 heteroatoms. The Hall–Kier alpha value is -2.08. The average molecular weight is 290 g/mol. The Labute approximate surface area is 121 Å². The number of hydrogen-bond donors (Lipinski definition) is 1. The molecular weight excluding hydrogens is 276 g/mol. The lowest BCUT2D eigenvalue weighted by atomic mass is 10.1. The second kappa shape index (κ2) is 6.91. The summed E-state index contributed by atoms with van der Waals surface area (Å²) >= 11 is 1.41. The van der Waals surface area contributed by atoms with Gasteiger partial charge in [0.25, 0.3) is 0 Å². The molecule has 1 aromatic heterocycles. The summed E-state index contributed by atoms with van der Waals surface area (Å²) in [5.74, 6) is 0.481. The van der Waals surface area contributed by atoms with Gasteiger partial charge in [0.15, 0.2) is 0 Å². The highest BCUT2D eigenvalue weighted by molar-refractivity contribution is 7.99. The third kappa shape index (κ3) is 3.96. The third-order valence-electron chi connectivity index (χ3n) is 2.59. The van der Waals surface area contributed by atoms with Gasteiger partial charge in [0.1, 0.15) is 17.1 Å². The predicted octanol–water partition coefficient (Wildman–Crippen LogP) is 2.72. The quantitative estimate of drug-likeness (QED) is 0.651. The fourth-order valence-corrected chi connectivity index (χ4v) is 2.38. The minimum atomic E-state index is -0.804. The van der Waals surface area contributed by atoms with Crippen LogP contribution >= 0.6 is 11.8 Å². The summed E-state index contributed by atoms with van der Waals surface area (Å²) < 4.78 is 5.11. The molecule has 1 aromatic carbocycles. The summed E-state index contributed by atoms with van der Waals surface area (Å²) in [5, 5.41) is 9.39. The molecule has 20 heavy (non-hydrogen) atoms. The predicted molar refractivity (Wildman–Crippen MR) is 77.0 cm³/mol. The van der Waals surface area contributed by atoms with Gasteiger partial charge in [-0.05, 0) is 30.3 Å². The monoisotopic (exact) mass is 290 g/mol. The number of carbonyl (C=O) groups is 1. The standard InChI is InChI=1S/C14H14N2O3S/c1-19-11-4-2-10(3-5-11)12-8-13(16-9-15-12)20-7-6-14(17)18/h2-5,8-9H,6-7H2,1H3,(H,17,18). The molecule has 0 aliphatic rings. The van der Waals surface area contributed by atoms with E-state index in [4.69, 9.17) is 9.84 Å². The lowest BCUT2D eigenvalue weighted by Gasteiger charge is -2.04. The van der Waals surface area contributed by atoms with E-state index < -0.39 is 5.97 Å². The number of aromatic nitrogens is 2. The van der Waals surface area contributed by atoms with Crippen LogP contribution in [0, 0.1) is 0 Å². The Kier molecular flexibility index (Phi) is 4.95. The summed E-state index contributed by atoms with van der Waals surface area (Å²) in [4.78, 5) is 18.8. The molecular formula is C14H14N2O3S. The Morgan fingerprint density at radius 3 is 2.70 bits per heavy atom. The molecule has 0 saturated heterocycles. The Bertz CT molecular complexity index is 587. The Morgan fingerprint density at radius 1 is 1.30 bits per heavy atom. The van der Waals surface area contributed by atoms with E-state index in [9.17, 15) is 4.79 Å². The first-order valence-corrected chi connectivity index (χ1v) is 6.98. The van der Waals surface area contributed by atoms with E-state index in [-0.39, 0.29) is 6.42 Å². The van der Waals surface area contributed by atoms with Gasteiger partial charge in [0.2, 0.25) is 0 Å². The van der Waals surface area contributed by atoms with Crippen LogP contribution in [0.1, 0.15) is 6.42 Å². The van der Waals surface area contributed by atoms with Gasteiger partial charge in [-0.3, -0.25) is 4.79 Å². The maximum atomic E-state index is 10.5. The molecule has 2 aromatic rings. The van der Waals surface area contributed by atoms with Gasteiger partial charge in [0, 0.05) is 11.3 Å². The highest BCUT2D eigenvalue weighted by Crippen LogP contribution is 2.24. The summed E-state index contributed by atoms with van der Waals surface area (Å²) in [6, 6.07) is 9.44. The van der Waals surface area contributed by atoms with Crippen molar-refractivity contribution in [3.63, 3.8) is 0 Å². The molecule has 0 bridgehead atoms. The first-order chi connectivity index (χ1) is 9.69. The second-order valence-electron chi connectivity index (χ2n) is 3.96. The summed E-state index contributed by atoms with van der Waals surface area (Å²) in [7, 11) is 1.62. The van der Waals surface area contributed by atoms with Crippen molar-refractivity contribution >= 4 is 17.7 Å².